The minimum absolute atomic E-state index is 0.425. The van der Waals surface area contributed by atoms with E-state index in [1.807, 2.05) is 43.3 Å². The van der Waals surface area contributed by atoms with Gasteiger partial charge in [0, 0.05) is 13.2 Å². The van der Waals surface area contributed by atoms with Crippen molar-refractivity contribution in [3.63, 3.8) is 0 Å². The minimum Gasteiger partial charge on any atom is -0.364 e. The monoisotopic (exact) mass is 241 g/mol. The molecule has 0 heterocycles. The number of hydrogen-bond acceptors (Lipinski definition) is 2. The van der Waals surface area contributed by atoms with Gasteiger partial charge in [-0.25, -0.2) is 0 Å². The summed E-state index contributed by atoms with van der Waals surface area (Å²) in [6, 6.07) is 20.3. The van der Waals surface area contributed by atoms with Crippen LogP contribution in [0.3, 0.4) is 0 Å². The molecule has 18 heavy (non-hydrogen) atoms. The zero-order valence-electron chi connectivity index (χ0n) is 10.7. The van der Waals surface area contributed by atoms with Gasteiger partial charge >= 0.3 is 0 Å². The van der Waals surface area contributed by atoms with Crippen LogP contribution in [0.1, 0.15) is 18.1 Å². The SMILES string of the molecule is CCOC(CN)(c1ccccc1)c1ccccc1. The van der Waals surface area contributed by atoms with Gasteiger partial charge in [-0.3, -0.25) is 0 Å². The molecule has 2 N–H and O–H groups in total. The molecule has 0 aromatic heterocycles. The van der Waals surface area contributed by atoms with E-state index < -0.39 is 5.60 Å². The number of benzene rings is 2. The van der Waals surface area contributed by atoms with Gasteiger partial charge in [0.25, 0.3) is 0 Å². The third kappa shape index (κ3) is 2.30. The van der Waals surface area contributed by atoms with Crippen LogP contribution in [0.25, 0.3) is 0 Å². The van der Waals surface area contributed by atoms with E-state index in [1.54, 1.807) is 0 Å². The summed E-state index contributed by atoms with van der Waals surface area (Å²) in [4.78, 5) is 0. The standard InChI is InChI=1S/C16H19NO/c1-2-18-16(13-17,14-9-5-3-6-10-14)15-11-7-4-8-12-15/h3-12H,2,13,17H2,1H3. The smallest absolute Gasteiger partial charge is 0.130 e. The molecule has 0 saturated heterocycles. The number of nitrogens with two attached hydrogens (primary N) is 1. The Kier molecular flexibility index (Phi) is 4.13. The Balaban J connectivity index is 2.53. The van der Waals surface area contributed by atoms with Gasteiger partial charge in [-0.2, -0.15) is 0 Å². The van der Waals surface area contributed by atoms with Gasteiger partial charge in [0.2, 0.25) is 0 Å². The maximum atomic E-state index is 6.03. The van der Waals surface area contributed by atoms with Crippen LogP contribution >= 0.6 is 0 Å². The first kappa shape index (κ1) is 12.8. The molecule has 2 nitrogen and oxygen atoms in total. The van der Waals surface area contributed by atoms with Crippen molar-refractivity contribution < 1.29 is 4.74 Å². The highest BCUT2D eigenvalue weighted by molar-refractivity contribution is 5.36. The third-order valence-corrected chi connectivity index (χ3v) is 3.16. The highest BCUT2D eigenvalue weighted by atomic mass is 16.5. The van der Waals surface area contributed by atoms with Crippen molar-refractivity contribution in [3.05, 3.63) is 71.8 Å². The molecule has 0 aliphatic carbocycles. The topological polar surface area (TPSA) is 35.2 Å². The average molecular weight is 241 g/mol. The molecule has 2 heteroatoms. The van der Waals surface area contributed by atoms with E-state index in [9.17, 15) is 0 Å². The maximum Gasteiger partial charge on any atom is 0.130 e. The molecular weight excluding hydrogens is 222 g/mol. The second-order valence-corrected chi connectivity index (χ2v) is 4.20. The Morgan fingerprint density at radius 2 is 1.33 bits per heavy atom. The first-order valence-electron chi connectivity index (χ1n) is 6.28. The molecule has 0 aliphatic rings. The van der Waals surface area contributed by atoms with Gasteiger partial charge in [0.1, 0.15) is 5.60 Å². The van der Waals surface area contributed by atoms with Crippen LogP contribution in [0.15, 0.2) is 60.7 Å². The Morgan fingerprint density at radius 1 is 0.889 bits per heavy atom. The molecule has 0 saturated carbocycles. The Morgan fingerprint density at radius 3 is 1.67 bits per heavy atom. The average Bonchev–Trinajstić information content (AvgIpc) is 2.47. The second-order valence-electron chi connectivity index (χ2n) is 4.20. The molecule has 0 bridgehead atoms. The molecule has 2 aromatic rings. The minimum atomic E-state index is -0.544. The summed E-state index contributed by atoms with van der Waals surface area (Å²) in [5.74, 6) is 0. The number of ether oxygens (including phenoxy) is 1. The fourth-order valence-electron chi connectivity index (χ4n) is 2.29. The summed E-state index contributed by atoms with van der Waals surface area (Å²) in [5.41, 5.74) is 7.68. The van der Waals surface area contributed by atoms with Crippen molar-refractivity contribution in [2.45, 2.75) is 12.5 Å². The Labute approximate surface area is 108 Å². The van der Waals surface area contributed by atoms with Crippen LogP contribution in [-0.2, 0) is 10.3 Å². The van der Waals surface area contributed by atoms with Gasteiger partial charge < -0.3 is 10.5 Å². The highest BCUT2D eigenvalue weighted by Gasteiger charge is 2.33. The molecular formula is C16H19NO. The van der Waals surface area contributed by atoms with Crippen molar-refractivity contribution in [1.29, 1.82) is 0 Å². The van der Waals surface area contributed by atoms with E-state index in [1.165, 1.54) is 0 Å². The van der Waals surface area contributed by atoms with E-state index in [-0.39, 0.29) is 0 Å². The molecule has 0 spiro atoms. The zero-order valence-corrected chi connectivity index (χ0v) is 10.7. The van der Waals surface area contributed by atoms with Crippen molar-refractivity contribution in [2.75, 3.05) is 13.2 Å². The summed E-state index contributed by atoms with van der Waals surface area (Å²) in [6.07, 6.45) is 0. The first-order chi connectivity index (χ1) is 8.83. The van der Waals surface area contributed by atoms with E-state index in [2.05, 4.69) is 24.3 Å². The predicted molar refractivity (Wildman–Crippen MR) is 74.3 cm³/mol. The van der Waals surface area contributed by atoms with Crippen LogP contribution < -0.4 is 5.73 Å². The van der Waals surface area contributed by atoms with Crippen molar-refractivity contribution >= 4 is 0 Å². The predicted octanol–water partition coefficient (Wildman–Crippen LogP) is 2.93. The quantitative estimate of drug-likeness (QED) is 0.873. The largest absolute Gasteiger partial charge is 0.364 e. The molecule has 2 aromatic carbocycles. The molecule has 0 amide bonds. The lowest BCUT2D eigenvalue weighted by Crippen LogP contribution is -2.39. The summed E-state index contributed by atoms with van der Waals surface area (Å²) in [6.45, 7) is 3.05. The second kappa shape index (κ2) is 5.80. The van der Waals surface area contributed by atoms with Gasteiger partial charge in [-0.15, -0.1) is 0 Å². The normalized spacial score (nSPS) is 11.4. The molecule has 0 aliphatic heterocycles. The van der Waals surface area contributed by atoms with Gasteiger partial charge in [0.15, 0.2) is 0 Å². The van der Waals surface area contributed by atoms with Crippen LogP contribution in [0.2, 0.25) is 0 Å². The molecule has 0 unspecified atom stereocenters. The van der Waals surface area contributed by atoms with E-state index in [0.29, 0.717) is 13.2 Å². The van der Waals surface area contributed by atoms with Gasteiger partial charge in [-0.05, 0) is 18.1 Å². The van der Waals surface area contributed by atoms with Crippen LogP contribution in [0.4, 0.5) is 0 Å². The molecule has 0 fully saturated rings. The molecule has 0 atom stereocenters. The summed E-state index contributed by atoms with van der Waals surface area (Å²) in [7, 11) is 0. The van der Waals surface area contributed by atoms with Gasteiger partial charge in [0.05, 0.1) is 0 Å². The zero-order chi connectivity index (χ0) is 12.8. The molecule has 2 rings (SSSR count). The third-order valence-electron chi connectivity index (χ3n) is 3.16. The Hall–Kier alpha value is -1.64. The summed E-state index contributed by atoms with van der Waals surface area (Å²) >= 11 is 0. The molecule has 0 radical (unpaired) electrons. The van der Waals surface area contributed by atoms with Crippen molar-refractivity contribution in [2.24, 2.45) is 5.73 Å². The van der Waals surface area contributed by atoms with Crippen LogP contribution in [-0.4, -0.2) is 13.2 Å². The number of rotatable bonds is 5. The maximum absolute atomic E-state index is 6.03. The summed E-state index contributed by atoms with van der Waals surface area (Å²) in [5, 5.41) is 0. The highest BCUT2D eigenvalue weighted by Crippen LogP contribution is 2.32. The van der Waals surface area contributed by atoms with Crippen LogP contribution in [0, 0.1) is 0 Å². The summed E-state index contributed by atoms with van der Waals surface area (Å²) < 4.78 is 6.03. The fourth-order valence-corrected chi connectivity index (χ4v) is 2.29. The van der Waals surface area contributed by atoms with E-state index in [4.69, 9.17) is 10.5 Å². The van der Waals surface area contributed by atoms with Crippen molar-refractivity contribution in [1.82, 2.24) is 0 Å². The molecule has 94 valence electrons. The first-order valence-corrected chi connectivity index (χ1v) is 6.28. The number of hydrogen-bond donors (Lipinski definition) is 1. The van der Waals surface area contributed by atoms with E-state index in [0.717, 1.165) is 11.1 Å². The lowest BCUT2D eigenvalue weighted by atomic mass is 9.86. The fraction of sp³-hybridized carbons (Fsp3) is 0.250. The van der Waals surface area contributed by atoms with Gasteiger partial charge in [-0.1, -0.05) is 60.7 Å². The lowest BCUT2D eigenvalue weighted by molar-refractivity contribution is -0.00388. The lowest BCUT2D eigenvalue weighted by Gasteiger charge is -2.33. The van der Waals surface area contributed by atoms with E-state index >= 15 is 0 Å². The van der Waals surface area contributed by atoms with Crippen LogP contribution in [0.5, 0.6) is 0 Å². The Bertz CT molecular complexity index is 427. The van der Waals surface area contributed by atoms with Crippen molar-refractivity contribution in [3.8, 4) is 0 Å².